The fraction of sp³-hybridized carbons (Fsp3) is 0.462. The molecule has 1 saturated carbocycles. The van der Waals surface area contributed by atoms with Crippen LogP contribution in [0.25, 0.3) is 0 Å². The molecule has 1 fully saturated rings. The summed E-state index contributed by atoms with van der Waals surface area (Å²) in [7, 11) is 0. The number of nitrogens with one attached hydrogen (secondary N) is 1. The molecular formula is C13H17ClN4O2. The molecule has 6 nitrogen and oxygen atoms in total. The maximum absolute atomic E-state index is 10.8. The summed E-state index contributed by atoms with van der Waals surface area (Å²) in [6.45, 7) is 3.19. The van der Waals surface area contributed by atoms with Gasteiger partial charge in [-0.25, -0.2) is 4.98 Å². The zero-order valence-electron chi connectivity index (χ0n) is 11.3. The lowest BCUT2D eigenvalue weighted by atomic mass is 10.2. The van der Waals surface area contributed by atoms with Crippen LogP contribution < -0.4 is 5.32 Å². The van der Waals surface area contributed by atoms with Gasteiger partial charge >= 0.3 is 0 Å². The molecule has 1 N–H and O–H groups in total. The van der Waals surface area contributed by atoms with Gasteiger partial charge in [0, 0.05) is 25.3 Å². The first-order valence-electron chi connectivity index (χ1n) is 6.55. The van der Waals surface area contributed by atoms with Crippen LogP contribution in [0.2, 0.25) is 5.15 Å². The monoisotopic (exact) mass is 296 g/mol. The van der Waals surface area contributed by atoms with Gasteiger partial charge in [0.1, 0.15) is 5.15 Å². The van der Waals surface area contributed by atoms with E-state index in [4.69, 9.17) is 11.6 Å². The zero-order valence-corrected chi connectivity index (χ0v) is 12.0. The van der Waals surface area contributed by atoms with Crippen LogP contribution >= 0.6 is 11.6 Å². The van der Waals surface area contributed by atoms with Gasteiger partial charge in [-0.2, -0.15) is 0 Å². The quantitative estimate of drug-likeness (QED) is 0.475. The standard InChI is InChI=1S/C13H17ClN4O2/c1-2-17(8-10-3-6-12(14)15-7-10)13(9-18(19)20)16-11-4-5-11/h3,6-7,9,11,16H,2,4-5,8H2,1H3. The molecule has 2 rings (SSSR count). The summed E-state index contributed by atoms with van der Waals surface area (Å²) in [5.74, 6) is 0.551. The minimum Gasteiger partial charge on any atom is -0.364 e. The number of rotatable bonds is 7. The van der Waals surface area contributed by atoms with Crippen LogP contribution in [-0.2, 0) is 6.54 Å². The van der Waals surface area contributed by atoms with E-state index in [0.29, 0.717) is 30.1 Å². The Hall–Kier alpha value is -1.82. The van der Waals surface area contributed by atoms with Crippen LogP contribution in [0.5, 0.6) is 0 Å². The molecule has 0 aliphatic heterocycles. The van der Waals surface area contributed by atoms with E-state index in [1.807, 2.05) is 17.9 Å². The summed E-state index contributed by atoms with van der Waals surface area (Å²) in [4.78, 5) is 16.3. The second-order valence-corrected chi connectivity index (χ2v) is 5.11. The van der Waals surface area contributed by atoms with Crippen LogP contribution in [0, 0.1) is 10.1 Å². The second-order valence-electron chi connectivity index (χ2n) is 4.72. The summed E-state index contributed by atoms with van der Waals surface area (Å²) >= 11 is 5.75. The molecule has 0 amide bonds. The Bertz CT molecular complexity index is 500. The third-order valence-electron chi connectivity index (χ3n) is 3.04. The fourth-order valence-electron chi connectivity index (χ4n) is 1.83. The van der Waals surface area contributed by atoms with Gasteiger partial charge in [-0.1, -0.05) is 17.7 Å². The Morgan fingerprint density at radius 3 is 2.90 bits per heavy atom. The lowest BCUT2D eigenvalue weighted by molar-refractivity contribution is -0.404. The van der Waals surface area contributed by atoms with E-state index in [2.05, 4.69) is 10.3 Å². The van der Waals surface area contributed by atoms with Crippen LogP contribution in [-0.4, -0.2) is 27.4 Å². The molecule has 1 aliphatic carbocycles. The largest absolute Gasteiger partial charge is 0.364 e. The number of hydrogen-bond acceptors (Lipinski definition) is 5. The molecule has 20 heavy (non-hydrogen) atoms. The van der Waals surface area contributed by atoms with E-state index < -0.39 is 4.92 Å². The van der Waals surface area contributed by atoms with Gasteiger partial charge in [-0.15, -0.1) is 0 Å². The lowest BCUT2D eigenvalue weighted by Gasteiger charge is -2.25. The normalized spacial score (nSPS) is 15.0. The van der Waals surface area contributed by atoms with Crippen molar-refractivity contribution in [2.75, 3.05) is 6.54 Å². The summed E-state index contributed by atoms with van der Waals surface area (Å²) in [5.41, 5.74) is 0.961. The summed E-state index contributed by atoms with van der Waals surface area (Å²) < 4.78 is 0. The number of halogens is 1. The summed E-state index contributed by atoms with van der Waals surface area (Å²) in [6.07, 6.45) is 4.85. The highest BCUT2D eigenvalue weighted by atomic mass is 35.5. The van der Waals surface area contributed by atoms with E-state index in [0.717, 1.165) is 24.6 Å². The third kappa shape index (κ3) is 4.38. The molecule has 108 valence electrons. The van der Waals surface area contributed by atoms with E-state index in [-0.39, 0.29) is 0 Å². The zero-order chi connectivity index (χ0) is 14.5. The SMILES string of the molecule is CCN(Cc1ccc(Cl)nc1)C(=C[N+](=O)[O-])NC1CC1. The number of pyridine rings is 1. The second kappa shape index (κ2) is 6.56. The highest BCUT2D eigenvalue weighted by Gasteiger charge is 2.25. The van der Waals surface area contributed by atoms with Crippen molar-refractivity contribution in [3.63, 3.8) is 0 Å². The van der Waals surface area contributed by atoms with Crippen LogP contribution in [0.1, 0.15) is 25.3 Å². The number of nitro groups is 1. The van der Waals surface area contributed by atoms with Crippen molar-refractivity contribution in [3.8, 4) is 0 Å². The molecule has 0 unspecified atom stereocenters. The van der Waals surface area contributed by atoms with Gasteiger partial charge in [-0.3, -0.25) is 10.1 Å². The van der Waals surface area contributed by atoms with Crippen molar-refractivity contribution in [2.45, 2.75) is 32.4 Å². The van der Waals surface area contributed by atoms with Crippen LogP contribution in [0.15, 0.2) is 30.4 Å². The molecule has 1 aromatic heterocycles. The average Bonchev–Trinajstić information content (AvgIpc) is 3.21. The molecule has 0 saturated heterocycles. The van der Waals surface area contributed by atoms with Crippen molar-refractivity contribution in [1.82, 2.24) is 15.2 Å². The molecule has 0 radical (unpaired) electrons. The Balaban J connectivity index is 2.10. The summed E-state index contributed by atoms with van der Waals surface area (Å²) in [6, 6.07) is 3.95. The van der Waals surface area contributed by atoms with Crippen molar-refractivity contribution < 1.29 is 4.92 Å². The Morgan fingerprint density at radius 1 is 1.65 bits per heavy atom. The molecule has 0 spiro atoms. The van der Waals surface area contributed by atoms with Crippen molar-refractivity contribution >= 4 is 11.6 Å². The van der Waals surface area contributed by atoms with Crippen LogP contribution in [0.3, 0.4) is 0 Å². The number of nitrogens with zero attached hydrogens (tertiary/aromatic N) is 3. The molecular weight excluding hydrogens is 280 g/mol. The third-order valence-corrected chi connectivity index (χ3v) is 3.27. The van der Waals surface area contributed by atoms with Crippen molar-refractivity contribution in [1.29, 1.82) is 0 Å². The van der Waals surface area contributed by atoms with Gasteiger partial charge in [0.2, 0.25) is 0 Å². The molecule has 1 aliphatic rings. The summed E-state index contributed by atoms with van der Waals surface area (Å²) in [5, 5.41) is 14.4. The smallest absolute Gasteiger partial charge is 0.274 e. The highest BCUT2D eigenvalue weighted by Crippen LogP contribution is 2.22. The molecule has 7 heteroatoms. The Morgan fingerprint density at radius 2 is 2.40 bits per heavy atom. The maximum atomic E-state index is 10.8. The van der Waals surface area contributed by atoms with Gasteiger partial charge in [0.15, 0.2) is 5.82 Å². The molecule has 0 aromatic carbocycles. The molecule has 1 aromatic rings. The van der Waals surface area contributed by atoms with E-state index in [1.165, 1.54) is 0 Å². The number of aromatic nitrogens is 1. The molecule has 0 bridgehead atoms. The first-order valence-corrected chi connectivity index (χ1v) is 6.93. The maximum Gasteiger partial charge on any atom is 0.274 e. The minimum atomic E-state index is -0.423. The van der Waals surface area contributed by atoms with E-state index in [1.54, 1.807) is 12.3 Å². The highest BCUT2D eigenvalue weighted by molar-refractivity contribution is 6.29. The van der Waals surface area contributed by atoms with Gasteiger partial charge in [0.25, 0.3) is 6.20 Å². The predicted molar refractivity (Wildman–Crippen MR) is 76.6 cm³/mol. The average molecular weight is 297 g/mol. The molecule has 1 heterocycles. The first-order chi connectivity index (χ1) is 9.58. The minimum absolute atomic E-state index is 0.360. The van der Waals surface area contributed by atoms with E-state index in [9.17, 15) is 10.1 Å². The van der Waals surface area contributed by atoms with Gasteiger partial charge in [0.05, 0.1) is 4.92 Å². The van der Waals surface area contributed by atoms with Crippen molar-refractivity contribution in [2.24, 2.45) is 0 Å². The lowest BCUT2D eigenvalue weighted by Crippen LogP contribution is -2.33. The Kier molecular flexibility index (Phi) is 4.79. The molecule has 0 atom stereocenters. The van der Waals surface area contributed by atoms with Gasteiger partial charge in [-0.05, 0) is 31.4 Å². The predicted octanol–water partition coefficient (Wildman–Crippen LogP) is 2.38. The Labute approximate surface area is 122 Å². The van der Waals surface area contributed by atoms with Gasteiger partial charge < -0.3 is 10.2 Å². The number of hydrogen-bond donors (Lipinski definition) is 1. The fourth-order valence-corrected chi connectivity index (χ4v) is 1.95. The first kappa shape index (κ1) is 14.6. The van der Waals surface area contributed by atoms with E-state index >= 15 is 0 Å². The topological polar surface area (TPSA) is 71.3 Å². The van der Waals surface area contributed by atoms with Crippen molar-refractivity contribution in [3.05, 3.63) is 51.2 Å². The van der Waals surface area contributed by atoms with Crippen LogP contribution in [0.4, 0.5) is 0 Å².